The molecule has 8 nitrogen and oxygen atoms in total. The Balaban J connectivity index is 1.56. The fraction of sp³-hybridized carbons (Fsp3) is 0.276. The lowest BCUT2D eigenvalue weighted by Crippen LogP contribution is -2.36. The van der Waals surface area contributed by atoms with E-state index in [9.17, 15) is 14.4 Å². The van der Waals surface area contributed by atoms with Crippen LogP contribution in [0.4, 0.5) is 10.5 Å². The van der Waals surface area contributed by atoms with Gasteiger partial charge >= 0.3 is 6.16 Å². The second kappa shape index (κ2) is 13.1. The van der Waals surface area contributed by atoms with Crippen LogP contribution in [0.3, 0.4) is 0 Å². The van der Waals surface area contributed by atoms with Crippen molar-refractivity contribution < 1.29 is 28.6 Å². The highest BCUT2D eigenvalue weighted by Gasteiger charge is 2.16. The fourth-order valence-electron chi connectivity index (χ4n) is 3.42. The summed E-state index contributed by atoms with van der Waals surface area (Å²) in [5.41, 5.74) is 2.88. The number of para-hydroxylation sites is 1. The van der Waals surface area contributed by atoms with Gasteiger partial charge in [0.25, 0.3) is 11.8 Å². The van der Waals surface area contributed by atoms with Gasteiger partial charge in [-0.1, -0.05) is 44.2 Å². The van der Waals surface area contributed by atoms with Crippen molar-refractivity contribution in [3.63, 3.8) is 0 Å². The predicted octanol–water partition coefficient (Wildman–Crippen LogP) is 5.68. The van der Waals surface area contributed by atoms with E-state index in [1.807, 2.05) is 36.4 Å². The maximum atomic E-state index is 12.8. The molecule has 0 saturated heterocycles. The van der Waals surface area contributed by atoms with Crippen molar-refractivity contribution in [1.82, 2.24) is 5.32 Å². The Kier molecular flexibility index (Phi) is 9.66. The van der Waals surface area contributed by atoms with Crippen LogP contribution in [0.2, 0.25) is 0 Å². The number of nitrogens with one attached hydrogen (secondary N) is 2. The normalized spacial score (nSPS) is 11.4. The molecule has 0 aliphatic heterocycles. The lowest BCUT2D eigenvalue weighted by Gasteiger charge is -2.17. The fourth-order valence-corrected chi connectivity index (χ4v) is 3.42. The molecule has 0 heterocycles. The van der Waals surface area contributed by atoms with Gasteiger partial charge in [-0.25, -0.2) is 4.79 Å². The van der Waals surface area contributed by atoms with Gasteiger partial charge < -0.3 is 24.8 Å². The number of hydrogen-bond acceptors (Lipinski definition) is 6. The van der Waals surface area contributed by atoms with Crippen LogP contribution < -0.4 is 20.1 Å². The van der Waals surface area contributed by atoms with Gasteiger partial charge in [0.05, 0.1) is 6.61 Å². The van der Waals surface area contributed by atoms with E-state index < -0.39 is 12.3 Å². The number of ether oxygens (including phenoxy) is 3. The zero-order valence-corrected chi connectivity index (χ0v) is 21.4. The van der Waals surface area contributed by atoms with E-state index in [1.54, 1.807) is 38.1 Å². The number of amides is 2. The van der Waals surface area contributed by atoms with E-state index in [-0.39, 0.29) is 30.7 Å². The zero-order chi connectivity index (χ0) is 26.8. The van der Waals surface area contributed by atoms with Crippen LogP contribution >= 0.6 is 0 Å². The summed E-state index contributed by atoms with van der Waals surface area (Å²) in [7, 11) is 0. The van der Waals surface area contributed by atoms with Crippen molar-refractivity contribution in [2.24, 2.45) is 0 Å². The van der Waals surface area contributed by atoms with Gasteiger partial charge in [-0.2, -0.15) is 0 Å². The Morgan fingerprint density at radius 3 is 2.14 bits per heavy atom. The summed E-state index contributed by atoms with van der Waals surface area (Å²) in [5.74, 6) is 0.693. The van der Waals surface area contributed by atoms with E-state index in [0.717, 1.165) is 5.56 Å². The quantitative estimate of drug-likeness (QED) is 0.272. The van der Waals surface area contributed by atoms with Crippen LogP contribution in [0, 0.1) is 0 Å². The molecule has 0 aliphatic carbocycles. The Bertz CT molecular complexity index is 1210. The van der Waals surface area contributed by atoms with E-state index >= 15 is 0 Å². The molecular formula is C29H32N2O6. The van der Waals surface area contributed by atoms with Crippen molar-refractivity contribution in [2.75, 3.05) is 11.9 Å². The predicted molar refractivity (Wildman–Crippen MR) is 141 cm³/mol. The Hall–Kier alpha value is -4.33. The maximum Gasteiger partial charge on any atom is 0.513 e. The molecule has 3 rings (SSSR count). The lowest BCUT2D eigenvalue weighted by atomic mass is 10.0. The second-order valence-electron chi connectivity index (χ2n) is 8.62. The van der Waals surface area contributed by atoms with Crippen molar-refractivity contribution in [3.05, 3.63) is 89.5 Å². The average molecular weight is 505 g/mol. The number of carbonyl (C=O) groups is 3. The molecule has 3 aromatic carbocycles. The van der Waals surface area contributed by atoms with Crippen molar-refractivity contribution in [1.29, 1.82) is 0 Å². The molecule has 2 N–H and O–H groups in total. The minimum Gasteiger partial charge on any atom is -0.481 e. The minimum absolute atomic E-state index is 0.206. The SMILES string of the molecule is CCOC(=O)Oc1ccc(C(=O)Nc2ccccc2CNC(=O)C(C)Oc2ccc(C(C)C)cc2)cc1. The third kappa shape index (κ3) is 8.10. The van der Waals surface area contributed by atoms with E-state index in [0.29, 0.717) is 22.9 Å². The topological polar surface area (TPSA) is 103 Å². The smallest absolute Gasteiger partial charge is 0.481 e. The molecule has 1 unspecified atom stereocenters. The largest absolute Gasteiger partial charge is 0.513 e. The van der Waals surface area contributed by atoms with Gasteiger partial charge in [0, 0.05) is 17.8 Å². The van der Waals surface area contributed by atoms with Crippen LogP contribution in [0.5, 0.6) is 11.5 Å². The van der Waals surface area contributed by atoms with E-state index in [2.05, 4.69) is 24.5 Å². The molecule has 0 radical (unpaired) electrons. The number of carbonyl (C=O) groups excluding carboxylic acids is 3. The van der Waals surface area contributed by atoms with Crippen LogP contribution in [0.25, 0.3) is 0 Å². The number of anilines is 1. The Labute approximate surface area is 216 Å². The first-order valence-electron chi connectivity index (χ1n) is 12.1. The Morgan fingerprint density at radius 2 is 1.49 bits per heavy atom. The third-order valence-electron chi connectivity index (χ3n) is 5.53. The molecular weight excluding hydrogens is 472 g/mol. The zero-order valence-electron chi connectivity index (χ0n) is 21.4. The van der Waals surface area contributed by atoms with E-state index in [1.165, 1.54) is 17.7 Å². The summed E-state index contributed by atoms with van der Waals surface area (Å²) < 4.78 is 15.5. The maximum absolute atomic E-state index is 12.8. The van der Waals surface area contributed by atoms with Gasteiger partial charge in [-0.05, 0) is 73.4 Å². The van der Waals surface area contributed by atoms with Crippen LogP contribution in [0.1, 0.15) is 55.1 Å². The molecule has 3 aromatic rings. The summed E-state index contributed by atoms with van der Waals surface area (Å²) in [5, 5.41) is 5.72. The highest BCUT2D eigenvalue weighted by molar-refractivity contribution is 6.04. The van der Waals surface area contributed by atoms with Gasteiger partial charge in [-0.3, -0.25) is 9.59 Å². The molecule has 0 saturated carbocycles. The first kappa shape index (κ1) is 27.3. The van der Waals surface area contributed by atoms with Crippen molar-refractivity contribution in [2.45, 2.75) is 46.3 Å². The van der Waals surface area contributed by atoms with Crippen molar-refractivity contribution >= 4 is 23.7 Å². The minimum atomic E-state index is -0.806. The first-order valence-corrected chi connectivity index (χ1v) is 12.1. The highest BCUT2D eigenvalue weighted by atomic mass is 16.7. The molecule has 0 fully saturated rings. The summed E-state index contributed by atoms with van der Waals surface area (Å²) in [6, 6.07) is 21.0. The molecule has 8 heteroatoms. The first-order chi connectivity index (χ1) is 17.8. The van der Waals surface area contributed by atoms with Crippen LogP contribution in [0.15, 0.2) is 72.8 Å². The van der Waals surface area contributed by atoms with Gasteiger partial charge in [0.15, 0.2) is 6.10 Å². The molecule has 0 aliphatic rings. The standard InChI is InChI=1S/C29H32N2O6/c1-5-35-29(34)37-25-16-12-22(13-17-25)28(33)31-26-9-7-6-8-23(26)18-30-27(32)20(4)36-24-14-10-21(11-15-24)19(2)3/h6-17,19-20H,5,18H2,1-4H3,(H,30,32)(H,31,33). The van der Waals surface area contributed by atoms with Crippen LogP contribution in [-0.4, -0.2) is 30.7 Å². The molecule has 0 spiro atoms. The molecule has 1 atom stereocenters. The van der Waals surface area contributed by atoms with Gasteiger partial charge in [0.2, 0.25) is 0 Å². The third-order valence-corrected chi connectivity index (χ3v) is 5.53. The average Bonchev–Trinajstić information content (AvgIpc) is 2.88. The van der Waals surface area contributed by atoms with Crippen molar-refractivity contribution in [3.8, 4) is 11.5 Å². The summed E-state index contributed by atoms with van der Waals surface area (Å²) in [6.45, 7) is 8.02. The molecule has 2 amide bonds. The molecule has 37 heavy (non-hydrogen) atoms. The second-order valence-corrected chi connectivity index (χ2v) is 8.62. The molecule has 0 aromatic heterocycles. The molecule has 194 valence electrons. The lowest BCUT2D eigenvalue weighted by molar-refractivity contribution is -0.127. The van der Waals surface area contributed by atoms with Gasteiger partial charge in [-0.15, -0.1) is 0 Å². The molecule has 0 bridgehead atoms. The van der Waals surface area contributed by atoms with Crippen LogP contribution in [-0.2, 0) is 16.1 Å². The van der Waals surface area contributed by atoms with Gasteiger partial charge in [0.1, 0.15) is 11.5 Å². The highest BCUT2D eigenvalue weighted by Crippen LogP contribution is 2.20. The monoisotopic (exact) mass is 504 g/mol. The Morgan fingerprint density at radius 1 is 0.838 bits per heavy atom. The number of hydrogen-bond donors (Lipinski definition) is 2. The summed E-state index contributed by atoms with van der Waals surface area (Å²) in [4.78, 5) is 36.8. The number of rotatable bonds is 10. The summed E-state index contributed by atoms with van der Waals surface area (Å²) in [6.07, 6.45) is -1.50. The summed E-state index contributed by atoms with van der Waals surface area (Å²) >= 11 is 0. The van der Waals surface area contributed by atoms with E-state index in [4.69, 9.17) is 14.2 Å². The number of benzene rings is 3.